The zero-order valence-corrected chi connectivity index (χ0v) is 11.1. The summed E-state index contributed by atoms with van der Waals surface area (Å²) in [4.78, 5) is 0. The molecule has 1 N–H and O–H groups in total. The molecule has 0 bridgehead atoms. The largest absolute Gasteiger partial charge is 0.366 e. The number of aliphatic hydroxyl groups is 1. The summed E-state index contributed by atoms with van der Waals surface area (Å²) in [5.74, 6) is -0.651. The molecule has 5 nitrogen and oxygen atoms in total. The number of fused-ring (bicyclic) bond motifs is 1. The molecule has 0 amide bonds. The Kier molecular flexibility index (Phi) is 3.25. The maximum absolute atomic E-state index is 9.87. The molecule has 2 rings (SSSR count). The molecule has 0 aromatic carbocycles. The summed E-state index contributed by atoms with van der Waals surface area (Å²) in [5, 5.41) is 9.87. The predicted molar refractivity (Wildman–Crippen MR) is 60.4 cm³/mol. The molecule has 100 valence electrons. The molecule has 0 aromatic rings. The van der Waals surface area contributed by atoms with Crippen molar-refractivity contribution in [1.29, 1.82) is 0 Å². The summed E-state index contributed by atoms with van der Waals surface area (Å²) in [6.07, 6.45) is -1.95. The van der Waals surface area contributed by atoms with E-state index in [1.165, 1.54) is 0 Å². The van der Waals surface area contributed by atoms with E-state index in [0.717, 1.165) is 0 Å². The van der Waals surface area contributed by atoms with Gasteiger partial charge in [0.1, 0.15) is 18.3 Å². The lowest BCUT2D eigenvalue weighted by molar-refractivity contribution is -0.266. The van der Waals surface area contributed by atoms with Gasteiger partial charge in [0.25, 0.3) is 0 Å². The van der Waals surface area contributed by atoms with E-state index >= 15 is 0 Å². The molecular weight excluding hydrogens is 224 g/mol. The fourth-order valence-electron chi connectivity index (χ4n) is 2.25. The normalized spacial score (nSPS) is 41.3. The first-order chi connectivity index (χ1) is 7.68. The summed E-state index contributed by atoms with van der Waals surface area (Å²) in [7, 11) is 0. The Morgan fingerprint density at radius 1 is 1.24 bits per heavy atom. The lowest BCUT2D eigenvalue weighted by Gasteiger charge is -2.38. The van der Waals surface area contributed by atoms with Crippen LogP contribution in [0.4, 0.5) is 0 Å². The molecule has 0 saturated carbocycles. The number of rotatable bonds is 1. The van der Waals surface area contributed by atoms with Gasteiger partial charge in [-0.2, -0.15) is 0 Å². The molecule has 0 aromatic heterocycles. The van der Waals surface area contributed by atoms with Gasteiger partial charge in [-0.1, -0.05) is 0 Å². The van der Waals surface area contributed by atoms with Gasteiger partial charge < -0.3 is 24.1 Å². The van der Waals surface area contributed by atoms with Gasteiger partial charge in [-0.15, -0.1) is 0 Å². The van der Waals surface area contributed by atoms with Crippen molar-refractivity contribution in [3.05, 3.63) is 0 Å². The van der Waals surface area contributed by atoms with Crippen molar-refractivity contribution in [2.75, 3.05) is 6.61 Å². The van der Waals surface area contributed by atoms with Crippen LogP contribution in [-0.4, -0.2) is 47.7 Å². The summed E-state index contributed by atoms with van der Waals surface area (Å²) in [6, 6.07) is 0. The number of hydrogen-bond acceptors (Lipinski definition) is 5. The Bertz CT molecular complexity index is 283. The maximum Gasteiger partial charge on any atom is 0.183 e. The van der Waals surface area contributed by atoms with Gasteiger partial charge in [0, 0.05) is 0 Å². The van der Waals surface area contributed by atoms with Crippen molar-refractivity contribution in [3.63, 3.8) is 0 Å². The smallest absolute Gasteiger partial charge is 0.183 e. The molecule has 2 aliphatic heterocycles. The summed E-state index contributed by atoms with van der Waals surface area (Å²) < 4.78 is 22.6. The Labute approximate surface area is 102 Å². The minimum atomic E-state index is -0.965. The van der Waals surface area contributed by atoms with Crippen LogP contribution in [0.5, 0.6) is 0 Å². The first kappa shape index (κ1) is 13.2. The summed E-state index contributed by atoms with van der Waals surface area (Å²) in [5.41, 5.74) is -0.368. The van der Waals surface area contributed by atoms with Crippen molar-refractivity contribution < 1.29 is 24.1 Å². The number of aliphatic hydroxyl groups excluding tert-OH is 1. The quantitative estimate of drug-likeness (QED) is 0.749. The minimum Gasteiger partial charge on any atom is -0.366 e. The fourth-order valence-corrected chi connectivity index (χ4v) is 2.25. The van der Waals surface area contributed by atoms with E-state index in [1.54, 1.807) is 0 Å². The molecule has 2 saturated heterocycles. The molecule has 0 spiro atoms. The van der Waals surface area contributed by atoms with Crippen LogP contribution >= 0.6 is 0 Å². The molecule has 0 radical (unpaired) electrons. The van der Waals surface area contributed by atoms with Crippen LogP contribution in [-0.2, 0) is 18.9 Å². The third kappa shape index (κ3) is 2.98. The highest BCUT2D eigenvalue weighted by Gasteiger charge is 2.52. The second kappa shape index (κ2) is 4.17. The maximum atomic E-state index is 9.87. The van der Waals surface area contributed by atoms with Crippen LogP contribution < -0.4 is 0 Å². The molecule has 17 heavy (non-hydrogen) atoms. The Hall–Kier alpha value is -0.200. The average Bonchev–Trinajstić information content (AvgIpc) is 2.44. The monoisotopic (exact) mass is 246 g/mol. The van der Waals surface area contributed by atoms with Crippen molar-refractivity contribution in [1.82, 2.24) is 0 Å². The number of ether oxygens (including phenoxy) is 4. The Morgan fingerprint density at radius 2 is 1.88 bits per heavy atom. The van der Waals surface area contributed by atoms with Crippen molar-refractivity contribution in [3.8, 4) is 0 Å². The van der Waals surface area contributed by atoms with Crippen LogP contribution in [0.15, 0.2) is 0 Å². The highest BCUT2D eigenvalue weighted by molar-refractivity contribution is 4.92. The molecule has 2 aliphatic rings. The average molecular weight is 246 g/mol. The molecule has 4 atom stereocenters. The van der Waals surface area contributed by atoms with Gasteiger partial charge >= 0.3 is 0 Å². The lowest BCUT2D eigenvalue weighted by atomic mass is 10.0. The van der Waals surface area contributed by atoms with Gasteiger partial charge in [0.05, 0.1) is 12.2 Å². The topological polar surface area (TPSA) is 57.2 Å². The van der Waals surface area contributed by atoms with Crippen molar-refractivity contribution >= 4 is 0 Å². The third-order valence-corrected chi connectivity index (χ3v) is 2.75. The zero-order chi connectivity index (χ0) is 12.8. The van der Waals surface area contributed by atoms with Crippen LogP contribution in [0.1, 0.15) is 34.6 Å². The molecule has 0 aliphatic carbocycles. The molecule has 1 unspecified atom stereocenters. The van der Waals surface area contributed by atoms with Gasteiger partial charge in [-0.3, -0.25) is 0 Å². The van der Waals surface area contributed by atoms with E-state index in [-0.39, 0.29) is 17.8 Å². The highest BCUT2D eigenvalue weighted by Crippen LogP contribution is 2.36. The Balaban J connectivity index is 2.12. The van der Waals surface area contributed by atoms with Crippen molar-refractivity contribution in [2.24, 2.45) is 0 Å². The van der Waals surface area contributed by atoms with Crippen LogP contribution in [0.25, 0.3) is 0 Å². The first-order valence-corrected chi connectivity index (χ1v) is 6.01. The van der Waals surface area contributed by atoms with E-state index in [2.05, 4.69) is 0 Å². The standard InChI is InChI=1S/C12H22O5/c1-11(2,3)16-9-8-7(6-14-10(9)13)15-12(4,5)17-8/h7-10,13H,6H2,1-5H3/t7-,8-,9+,10?/m1/s1. The van der Waals surface area contributed by atoms with Gasteiger partial charge in [-0.05, 0) is 34.6 Å². The minimum absolute atomic E-state index is 0.180. The van der Waals surface area contributed by atoms with Crippen molar-refractivity contribution in [2.45, 2.75) is 70.6 Å². The molecule has 5 heteroatoms. The third-order valence-electron chi connectivity index (χ3n) is 2.75. The molecule has 2 heterocycles. The van der Waals surface area contributed by atoms with Crippen LogP contribution in [0, 0.1) is 0 Å². The zero-order valence-electron chi connectivity index (χ0n) is 11.1. The second-order valence-electron chi connectivity index (χ2n) is 6.06. The van der Waals surface area contributed by atoms with Crippen LogP contribution in [0.2, 0.25) is 0 Å². The SMILES string of the molecule is CC(C)(C)O[C@@H]1C(O)OC[C@H]2OC(C)(C)O[C@@H]12. The highest BCUT2D eigenvalue weighted by atomic mass is 16.8. The Morgan fingerprint density at radius 3 is 2.47 bits per heavy atom. The lowest BCUT2D eigenvalue weighted by Crippen LogP contribution is -2.54. The van der Waals surface area contributed by atoms with Gasteiger partial charge in [-0.25, -0.2) is 0 Å². The fraction of sp³-hybridized carbons (Fsp3) is 1.00. The van der Waals surface area contributed by atoms with Crippen LogP contribution in [0.3, 0.4) is 0 Å². The van der Waals surface area contributed by atoms with E-state index in [0.29, 0.717) is 6.61 Å². The van der Waals surface area contributed by atoms with Gasteiger partial charge in [0.15, 0.2) is 12.1 Å². The van der Waals surface area contributed by atoms with E-state index < -0.39 is 18.2 Å². The second-order valence-corrected chi connectivity index (χ2v) is 6.06. The summed E-state index contributed by atoms with van der Waals surface area (Å²) >= 11 is 0. The van der Waals surface area contributed by atoms with E-state index in [1.807, 2.05) is 34.6 Å². The predicted octanol–water partition coefficient (Wildman–Crippen LogP) is 1.04. The first-order valence-electron chi connectivity index (χ1n) is 6.01. The molecular formula is C12H22O5. The van der Waals surface area contributed by atoms with E-state index in [9.17, 15) is 5.11 Å². The summed E-state index contributed by atoms with van der Waals surface area (Å²) in [6.45, 7) is 9.84. The van der Waals surface area contributed by atoms with Gasteiger partial charge in [0.2, 0.25) is 0 Å². The molecule has 2 fully saturated rings. The number of hydrogen-bond donors (Lipinski definition) is 1. The van der Waals surface area contributed by atoms with E-state index in [4.69, 9.17) is 18.9 Å².